The molecule has 12 rings (SSSR count). The molecule has 284 valence electrons. The number of benzene rings is 7. The molecule has 0 unspecified atom stereocenters. The van der Waals surface area contributed by atoms with Gasteiger partial charge >= 0.3 is 0 Å². The Morgan fingerprint density at radius 2 is 0.672 bits per heavy atom. The number of hydrogen-bond donors (Lipinski definition) is 0. The second-order valence-electron chi connectivity index (χ2n) is 15.8. The molecule has 3 heterocycles. The molecule has 1 spiro atoms. The fourth-order valence-electron chi connectivity index (χ4n) is 9.80. The number of rotatable bonds is 5. The zero-order valence-electron chi connectivity index (χ0n) is 33.1. The van der Waals surface area contributed by atoms with Gasteiger partial charge in [-0.25, -0.2) is 9.97 Å². The lowest BCUT2D eigenvalue weighted by Gasteiger charge is -2.35. The maximum absolute atomic E-state index is 5.36. The van der Waals surface area contributed by atoms with E-state index in [0.29, 0.717) is 5.82 Å². The van der Waals surface area contributed by atoms with Gasteiger partial charge in [0, 0.05) is 41.5 Å². The van der Waals surface area contributed by atoms with Gasteiger partial charge in [0.05, 0.1) is 16.8 Å². The lowest BCUT2D eigenvalue weighted by molar-refractivity contribution is 0.775. The van der Waals surface area contributed by atoms with Gasteiger partial charge in [-0.3, -0.25) is 9.97 Å². The zero-order chi connectivity index (χ0) is 40.3. The van der Waals surface area contributed by atoms with Crippen LogP contribution in [-0.2, 0) is 5.41 Å². The normalized spacial score (nSPS) is 12.7. The van der Waals surface area contributed by atoms with E-state index >= 15 is 0 Å². The maximum atomic E-state index is 5.36. The fourth-order valence-corrected chi connectivity index (χ4v) is 9.80. The standard InChI is InChI=1S/C57H36N4/c1-2-14-45-44(13-1)46-15-3-6-18-50(46)57(51-19-7-4-16-47(51)48-17-5-8-20-52(48)57)53-30-29-41(33-49(45)53)56-60-54(39-25-21-37(22-26-39)42-11-9-31-58-35-42)34-55(61-56)40-27-23-38(24-28-40)43-12-10-32-59-36-43/h1-36H. The minimum absolute atomic E-state index is 0.545. The van der Waals surface area contributed by atoms with Crippen molar-refractivity contribution in [2.75, 3.05) is 0 Å². The Labute approximate surface area is 354 Å². The summed E-state index contributed by atoms with van der Waals surface area (Å²) in [4.78, 5) is 19.4. The van der Waals surface area contributed by atoms with E-state index in [-0.39, 0.29) is 0 Å². The Bertz CT molecular complexity index is 3140. The summed E-state index contributed by atoms with van der Waals surface area (Å²) in [6, 6.07) is 70.1. The summed E-state index contributed by atoms with van der Waals surface area (Å²) in [5, 5.41) is 0. The first-order valence-corrected chi connectivity index (χ1v) is 20.7. The quantitative estimate of drug-likeness (QED) is 0.175. The van der Waals surface area contributed by atoms with Crippen LogP contribution in [-0.4, -0.2) is 19.9 Å². The molecule has 2 aliphatic rings. The molecule has 0 atom stereocenters. The molecule has 0 amide bonds. The highest BCUT2D eigenvalue weighted by atomic mass is 14.9. The molecular weight excluding hydrogens is 741 g/mol. The number of aromatic nitrogens is 4. The third-order valence-corrected chi connectivity index (χ3v) is 12.5. The molecule has 10 aromatic rings. The second-order valence-corrected chi connectivity index (χ2v) is 15.8. The fraction of sp³-hybridized carbons (Fsp3) is 0.0175. The zero-order valence-corrected chi connectivity index (χ0v) is 33.1. The summed E-state index contributed by atoms with van der Waals surface area (Å²) < 4.78 is 0. The van der Waals surface area contributed by atoms with Gasteiger partial charge in [-0.2, -0.15) is 0 Å². The van der Waals surface area contributed by atoms with Gasteiger partial charge in [-0.1, -0.05) is 170 Å². The molecule has 0 N–H and O–H groups in total. The van der Waals surface area contributed by atoms with Crippen LogP contribution >= 0.6 is 0 Å². The molecule has 4 nitrogen and oxygen atoms in total. The summed E-state index contributed by atoms with van der Waals surface area (Å²) >= 11 is 0. The van der Waals surface area contributed by atoms with Crippen molar-refractivity contribution < 1.29 is 0 Å². The van der Waals surface area contributed by atoms with Crippen LogP contribution in [0.25, 0.3) is 89.5 Å². The summed E-state index contributed by atoms with van der Waals surface area (Å²) in [7, 11) is 0. The van der Waals surface area contributed by atoms with Gasteiger partial charge in [-0.05, 0) is 102 Å². The van der Waals surface area contributed by atoms with Crippen molar-refractivity contribution in [1.82, 2.24) is 19.9 Å². The van der Waals surface area contributed by atoms with Gasteiger partial charge < -0.3 is 0 Å². The average molecular weight is 777 g/mol. The molecule has 0 radical (unpaired) electrons. The lowest BCUT2D eigenvalue weighted by Crippen LogP contribution is -2.29. The Morgan fingerprint density at radius 3 is 1.15 bits per heavy atom. The predicted octanol–water partition coefficient (Wildman–Crippen LogP) is 13.6. The highest BCUT2D eigenvalue weighted by Crippen LogP contribution is 2.61. The Hall–Kier alpha value is -8.08. The van der Waals surface area contributed by atoms with Crippen LogP contribution in [0.1, 0.15) is 22.3 Å². The van der Waals surface area contributed by atoms with E-state index in [4.69, 9.17) is 9.97 Å². The molecule has 0 aliphatic heterocycles. The van der Waals surface area contributed by atoms with E-state index in [0.717, 1.165) is 50.3 Å². The van der Waals surface area contributed by atoms with Crippen molar-refractivity contribution in [1.29, 1.82) is 0 Å². The van der Waals surface area contributed by atoms with E-state index < -0.39 is 5.41 Å². The molecule has 2 aliphatic carbocycles. The summed E-state index contributed by atoms with van der Waals surface area (Å²) in [5.74, 6) is 0.670. The van der Waals surface area contributed by atoms with Crippen molar-refractivity contribution in [3.63, 3.8) is 0 Å². The minimum atomic E-state index is -0.545. The third kappa shape index (κ3) is 5.53. The van der Waals surface area contributed by atoms with Crippen LogP contribution in [0.5, 0.6) is 0 Å². The summed E-state index contributed by atoms with van der Waals surface area (Å²) in [6.45, 7) is 0. The van der Waals surface area contributed by atoms with Gasteiger partial charge in [0.2, 0.25) is 0 Å². The first-order chi connectivity index (χ1) is 30.2. The smallest absolute Gasteiger partial charge is 0.160 e. The molecule has 0 bridgehead atoms. The monoisotopic (exact) mass is 776 g/mol. The lowest BCUT2D eigenvalue weighted by atomic mass is 9.66. The number of nitrogens with zero attached hydrogens (tertiary/aromatic N) is 4. The summed E-state index contributed by atoms with van der Waals surface area (Å²) in [5.41, 5.74) is 21.0. The molecule has 0 fully saturated rings. The van der Waals surface area contributed by atoms with E-state index in [2.05, 4.69) is 192 Å². The molecule has 61 heavy (non-hydrogen) atoms. The second kappa shape index (κ2) is 14.0. The van der Waals surface area contributed by atoms with Crippen molar-refractivity contribution in [2.24, 2.45) is 0 Å². The van der Waals surface area contributed by atoms with Crippen molar-refractivity contribution in [3.8, 4) is 89.5 Å². The van der Waals surface area contributed by atoms with Crippen LogP contribution in [0.15, 0.2) is 219 Å². The molecular formula is C57H36N4. The Kier molecular flexibility index (Phi) is 8.04. The average Bonchev–Trinajstić information content (AvgIpc) is 3.59. The highest BCUT2D eigenvalue weighted by Gasteiger charge is 2.49. The van der Waals surface area contributed by atoms with Crippen molar-refractivity contribution in [2.45, 2.75) is 5.41 Å². The van der Waals surface area contributed by atoms with Crippen LogP contribution in [0, 0.1) is 0 Å². The van der Waals surface area contributed by atoms with Crippen LogP contribution in [0.2, 0.25) is 0 Å². The number of hydrogen-bond acceptors (Lipinski definition) is 4. The Balaban J connectivity index is 1.08. The van der Waals surface area contributed by atoms with Crippen LogP contribution < -0.4 is 0 Å². The van der Waals surface area contributed by atoms with E-state index in [1.807, 2.05) is 24.5 Å². The van der Waals surface area contributed by atoms with Gasteiger partial charge in [0.25, 0.3) is 0 Å². The Morgan fingerprint density at radius 1 is 0.279 bits per heavy atom. The van der Waals surface area contributed by atoms with Crippen LogP contribution in [0.3, 0.4) is 0 Å². The predicted molar refractivity (Wildman–Crippen MR) is 247 cm³/mol. The molecule has 0 saturated carbocycles. The number of pyridine rings is 2. The molecule has 3 aromatic heterocycles. The molecule has 0 saturated heterocycles. The van der Waals surface area contributed by atoms with Crippen molar-refractivity contribution in [3.05, 3.63) is 241 Å². The number of fused-ring (bicyclic) bond motifs is 12. The largest absolute Gasteiger partial charge is 0.264 e. The van der Waals surface area contributed by atoms with Crippen molar-refractivity contribution >= 4 is 0 Å². The van der Waals surface area contributed by atoms with E-state index in [1.54, 1.807) is 12.4 Å². The van der Waals surface area contributed by atoms with Gasteiger partial charge in [0.1, 0.15) is 0 Å². The first-order valence-electron chi connectivity index (χ1n) is 20.7. The van der Waals surface area contributed by atoms with E-state index in [1.165, 1.54) is 55.6 Å². The molecule has 7 aromatic carbocycles. The first kappa shape index (κ1) is 34.9. The minimum Gasteiger partial charge on any atom is -0.264 e. The highest BCUT2D eigenvalue weighted by molar-refractivity contribution is 5.98. The maximum Gasteiger partial charge on any atom is 0.160 e. The topological polar surface area (TPSA) is 51.6 Å². The SMILES string of the molecule is c1cncc(-c2ccc(-c3cc(-c4ccc(-c5cccnc5)cc4)nc(-c4ccc5c(c4)-c4ccccc4-c4ccccc4C54c5ccccc5-c5ccccc54)n3)cc2)c1. The third-order valence-electron chi connectivity index (χ3n) is 12.5. The van der Waals surface area contributed by atoms with Gasteiger partial charge in [0.15, 0.2) is 5.82 Å². The molecule has 4 heteroatoms. The van der Waals surface area contributed by atoms with Gasteiger partial charge in [-0.15, -0.1) is 0 Å². The van der Waals surface area contributed by atoms with E-state index in [9.17, 15) is 0 Å². The van der Waals surface area contributed by atoms with Crippen LogP contribution in [0.4, 0.5) is 0 Å². The summed E-state index contributed by atoms with van der Waals surface area (Å²) in [6.07, 6.45) is 7.40.